The Hall–Kier alpha value is -0.910. The molecule has 6 heteroatoms. The van der Waals surface area contributed by atoms with Crippen molar-refractivity contribution in [3.8, 4) is 0 Å². The monoisotopic (exact) mass is 274 g/mol. The first-order valence-corrected chi connectivity index (χ1v) is 7.38. The van der Waals surface area contributed by atoms with Crippen LogP contribution in [-0.4, -0.2) is 40.7 Å². The number of hydrogen-bond acceptors (Lipinski definition) is 3. The number of hydrogen-bond donors (Lipinski definition) is 3. The van der Waals surface area contributed by atoms with Crippen LogP contribution >= 0.6 is 11.8 Å². The molecule has 3 N–H and O–H groups in total. The number of urea groups is 1. The van der Waals surface area contributed by atoms with Crippen LogP contribution in [0, 0.1) is 0 Å². The molecule has 0 aromatic rings. The Bertz CT molecular complexity index is 291. The maximum absolute atomic E-state index is 11.5. The van der Waals surface area contributed by atoms with Gasteiger partial charge >= 0.3 is 12.0 Å². The Kier molecular flexibility index (Phi) is 6.32. The molecule has 18 heavy (non-hydrogen) atoms. The zero-order valence-corrected chi connectivity index (χ0v) is 11.6. The summed E-state index contributed by atoms with van der Waals surface area (Å²) >= 11 is 1.91. The number of amides is 2. The van der Waals surface area contributed by atoms with E-state index in [0.29, 0.717) is 25.9 Å². The first-order chi connectivity index (χ1) is 8.52. The Morgan fingerprint density at radius 2 is 2.11 bits per heavy atom. The molecule has 2 amide bonds. The van der Waals surface area contributed by atoms with E-state index in [4.69, 9.17) is 5.11 Å². The Labute approximate surface area is 112 Å². The maximum Gasteiger partial charge on any atom is 0.314 e. The van der Waals surface area contributed by atoms with Gasteiger partial charge in [0.05, 0.1) is 0 Å². The highest BCUT2D eigenvalue weighted by molar-refractivity contribution is 8.00. The number of unbranched alkanes of at least 4 members (excludes halogenated alkanes) is 1. The average Bonchev–Trinajstić information content (AvgIpc) is 2.73. The number of nitrogens with one attached hydrogen (secondary N) is 2. The predicted octanol–water partition coefficient (Wildman–Crippen LogP) is 1.83. The van der Waals surface area contributed by atoms with Gasteiger partial charge in [0.2, 0.25) is 0 Å². The molecule has 1 unspecified atom stereocenters. The van der Waals surface area contributed by atoms with Gasteiger partial charge in [0.25, 0.3) is 0 Å². The van der Waals surface area contributed by atoms with Gasteiger partial charge in [-0.15, -0.1) is 0 Å². The number of aliphatic carboxylic acids is 1. The fourth-order valence-electron chi connectivity index (χ4n) is 1.91. The quantitative estimate of drug-likeness (QED) is 0.619. The van der Waals surface area contributed by atoms with Crippen molar-refractivity contribution < 1.29 is 14.7 Å². The molecule has 0 radical (unpaired) electrons. The fraction of sp³-hybridized carbons (Fsp3) is 0.833. The van der Waals surface area contributed by atoms with Crippen molar-refractivity contribution in [2.24, 2.45) is 0 Å². The van der Waals surface area contributed by atoms with Crippen molar-refractivity contribution in [3.63, 3.8) is 0 Å². The molecule has 1 heterocycles. The zero-order chi connectivity index (χ0) is 13.4. The highest BCUT2D eigenvalue weighted by Gasteiger charge is 2.29. The highest BCUT2D eigenvalue weighted by Crippen LogP contribution is 2.36. The SMILES string of the molecule is CC1(CNC(=O)NCCCCC(=O)O)CCCS1. The van der Waals surface area contributed by atoms with Crippen LogP contribution in [0.1, 0.15) is 39.0 Å². The molecule has 1 aliphatic rings. The molecular formula is C12H22N2O3S. The summed E-state index contributed by atoms with van der Waals surface area (Å²) in [4.78, 5) is 21.8. The van der Waals surface area contributed by atoms with Crippen LogP contribution in [0.3, 0.4) is 0 Å². The minimum absolute atomic E-state index is 0.154. The molecule has 0 aromatic carbocycles. The Balaban J connectivity index is 2.02. The van der Waals surface area contributed by atoms with E-state index in [9.17, 15) is 9.59 Å². The van der Waals surface area contributed by atoms with Gasteiger partial charge < -0.3 is 15.7 Å². The van der Waals surface area contributed by atoms with Crippen molar-refractivity contribution in [3.05, 3.63) is 0 Å². The van der Waals surface area contributed by atoms with E-state index in [1.54, 1.807) is 0 Å². The van der Waals surface area contributed by atoms with Gasteiger partial charge in [-0.25, -0.2) is 4.79 Å². The fourth-order valence-corrected chi connectivity index (χ4v) is 3.15. The lowest BCUT2D eigenvalue weighted by Gasteiger charge is -2.22. The van der Waals surface area contributed by atoms with Crippen LogP contribution in [0.15, 0.2) is 0 Å². The largest absolute Gasteiger partial charge is 0.481 e. The molecule has 0 spiro atoms. The molecule has 1 atom stereocenters. The van der Waals surface area contributed by atoms with Gasteiger partial charge in [0, 0.05) is 24.3 Å². The van der Waals surface area contributed by atoms with Crippen LogP contribution in [0.4, 0.5) is 4.79 Å². The van der Waals surface area contributed by atoms with E-state index in [1.807, 2.05) is 11.8 Å². The molecule has 1 saturated heterocycles. The highest BCUT2D eigenvalue weighted by atomic mass is 32.2. The third-order valence-corrected chi connectivity index (χ3v) is 4.56. The lowest BCUT2D eigenvalue weighted by Crippen LogP contribution is -2.42. The third-order valence-electron chi connectivity index (χ3n) is 3.03. The molecular weight excluding hydrogens is 252 g/mol. The zero-order valence-electron chi connectivity index (χ0n) is 10.8. The molecule has 0 aromatic heterocycles. The minimum atomic E-state index is -0.786. The van der Waals surface area contributed by atoms with Gasteiger partial charge in [-0.3, -0.25) is 4.79 Å². The van der Waals surface area contributed by atoms with Crippen LogP contribution in [0.5, 0.6) is 0 Å². The normalized spacial score (nSPS) is 22.7. The molecule has 1 aliphatic heterocycles. The van der Waals surface area contributed by atoms with E-state index in [1.165, 1.54) is 12.2 Å². The standard InChI is InChI=1S/C12H22N2O3S/c1-12(6-4-8-18-12)9-14-11(17)13-7-3-2-5-10(15)16/h2-9H2,1H3,(H,15,16)(H2,13,14,17). The summed E-state index contributed by atoms with van der Waals surface area (Å²) in [5.74, 6) is 0.389. The van der Waals surface area contributed by atoms with Crippen LogP contribution in [0.2, 0.25) is 0 Å². The lowest BCUT2D eigenvalue weighted by molar-refractivity contribution is -0.137. The molecule has 1 rings (SSSR count). The predicted molar refractivity (Wildman–Crippen MR) is 73.0 cm³/mol. The van der Waals surface area contributed by atoms with Crippen molar-refractivity contribution in [2.75, 3.05) is 18.8 Å². The second-order valence-electron chi connectivity index (χ2n) is 4.86. The minimum Gasteiger partial charge on any atom is -0.481 e. The van der Waals surface area contributed by atoms with E-state index in [0.717, 1.165) is 6.42 Å². The summed E-state index contributed by atoms with van der Waals surface area (Å²) in [6.45, 7) is 3.40. The van der Waals surface area contributed by atoms with E-state index >= 15 is 0 Å². The number of carboxylic acid groups (broad SMARTS) is 1. The molecule has 0 aliphatic carbocycles. The van der Waals surface area contributed by atoms with Crippen molar-refractivity contribution in [2.45, 2.75) is 43.8 Å². The summed E-state index contributed by atoms with van der Waals surface area (Å²) < 4.78 is 0.181. The summed E-state index contributed by atoms with van der Waals surface area (Å²) in [6.07, 6.45) is 3.84. The first kappa shape index (κ1) is 15.1. The average molecular weight is 274 g/mol. The summed E-state index contributed by atoms with van der Waals surface area (Å²) in [5, 5.41) is 14.1. The van der Waals surface area contributed by atoms with Crippen molar-refractivity contribution >= 4 is 23.8 Å². The Morgan fingerprint density at radius 3 is 2.72 bits per heavy atom. The third kappa shape index (κ3) is 6.14. The second-order valence-corrected chi connectivity index (χ2v) is 6.54. The number of carbonyl (C=O) groups is 2. The Morgan fingerprint density at radius 1 is 1.33 bits per heavy atom. The lowest BCUT2D eigenvalue weighted by atomic mass is 10.1. The number of carbonyl (C=O) groups excluding carboxylic acids is 1. The maximum atomic E-state index is 11.5. The van der Waals surface area contributed by atoms with E-state index < -0.39 is 5.97 Å². The van der Waals surface area contributed by atoms with Crippen LogP contribution < -0.4 is 10.6 Å². The summed E-state index contributed by atoms with van der Waals surface area (Å²) in [6, 6.07) is -0.154. The number of thioether (sulfide) groups is 1. The van der Waals surface area contributed by atoms with E-state index in [-0.39, 0.29) is 17.2 Å². The smallest absolute Gasteiger partial charge is 0.314 e. The van der Waals surface area contributed by atoms with Crippen molar-refractivity contribution in [1.82, 2.24) is 10.6 Å². The van der Waals surface area contributed by atoms with Gasteiger partial charge in [0.15, 0.2) is 0 Å². The number of carboxylic acids is 1. The molecule has 104 valence electrons. The molecule has 0 saturated carbocycles. The molecule has 0 bridgehead atoms. The van der Waals surface area contributed by atoms with Gasteiger partial charge in [0.1, 0.15) is 0 Å². The second kappa shape index (κ2) is 7.51. The topological polar surface area (TPSA) is 78.4 Å². The van der Waals surface area contributed by atoms with Gasteiger partial charge in [-0.1, -0.05) is 0 Å². The number of rotatable bonds is 7. The molecule has 1 fully saturated rings. The van der Waals surface area contributed by atoms with Crippen LogP contribution in [-0.2, 0) is 4.79 Å². The van der Waals surface area contributed by atoms with Crippen molar-refractivity contribution in [1.29, 1.82) is 0 Å². The summed E-state index contributed by atoms with van der Waals surface area (Å²) in [7, 11) is 0. The first-order valence-electron chi connectivity index (χ1n) is 6.39. The van der Waals surface area contributed by atoms with Crippen LogP contribution in [0.25, 0.3) is 0 Å². The van der Waals surface area contributed by atoms with Gasteiger partial charge in [-0.2, -0.15) is 11.8 Å². The van der Waals surface area contributed by atoms with E-state index in [2.05, 4.69) is 17.6 Å². The van der Waals surface area contributed by atoms with Gasteiger partial charge in [-0.05, 0) is 38.4 Å². The molecule has 5 nitrogen and oxygen atoms in total. The summed E-state index contributed by atoms with van der Waals surface area (Å²) in [5.41, 5.74) is 0.